The first kappa shape index (κ1) is 10.8. The highest BCUT2D eigenvalue weighted by Crippen LogP contribution is 2.26. The number of aryl methyl sites for hydroxylation is 1. The van der Waals surface area contributed by atoms with Gasteiger partial charge in [-0.2, -0.15) is 0 Å². The fourth-order valence-electron chi connectivity index (χ4n) is 1.91. The molecule has 1 N–H and O–H groups in total. The Morgan fingerprint density at radius 2 is 1.75 bits per heavy atom. The molecule has 82 valence electrons. The van der Waals surface area contributed by atoms with Crippen LogP contribution in [0.4, 0.5) is 0 Å². The number of allylic oxidation sites excluding steroid dienone is 1. The van der Waals surface area contributed by atoms with Crippen LogP contribution in [0.15, 0.2) is 29.3 Å². The molecule has 3 heteroatoms. The average molecular weight is 216 g/mol. The van der Waals surface area contributed by atoms with Crippen molar-refractivity contribution >= 4 is 11.6 Å². The van der Waals surface area contributed by atoms with Gasteiger partial charge in [-0.15, -0.1) is 0 Å². The predicted molar refractivity (Wildman–Crippen MR) is 59.6 cm³/mol. The zero-order valence-electron chi connectivity index (χ0n) is 9.20. The summed E-state index contributed by atoms with van der Waals surface area (Å²) < 4.78 is 0. The summed E-state index contributed by atoms with van der Waals surface area (Å²) in [6.07, 6.45) is 0. The second-order valence-corrected chi connectivity index (χ2v) is 3.97. The third-order valence-corrected chi connectivity index (χ3v) is 2.89. The summed E-state index contributed by atoms with van der Waals surface area (Å²) in [5.41, 5.74) is 2.34. The van der Waals surface area contributed by atoms with Gasteiger partial charge in [-0.3, -0.25) is 9.59 Å². The Bertz CT molecular complexity index is 524. The minimum absolute atomic E-state index is 0.164. The van der Waals surface area contributed by atoms with E-state index in [2.05, 4.69) is 0 Å². The SMILES string of the molecule is CC1=C(CO)C(=O)c2ccc(C)cc2C1=O. The van der Waals surface area contributed by atoms with Gasteiger partial charge >= 0.3 is 0 Å². The van der Waals surface area contributed by atoms with Gasteiger partial charge in [-0.25, -0.2) is 0 Å². The quantitative estimate of drug-likeness (QED) is 0.777. The highest BCUT2D eigenvalue weighted by molar-refractivity contribution is 6.26. The van der Waals surface area contributed by atoms with Crippen molar-refractivity contribution in [2.75, 3.05) is 6.61 Å². The second kappa shape index (κ2) is 3.68. The summed E-state index contributed by atoms with van der Waals surface area (Å²) in [6.45, 7) is 3.07. The number of carbonyl (C=O) groups excluding carboxylic acids is 2. The number of benzene rings is 1. The lowest BCUT2D eigenvalue weighted by atomic mass is 9.84. The summed E-state index contributed by atoms with van der Waals surface area (Å²) in [7, 11) is 0. The van der Waals surface area contributed by atoms with Gasteiger partial charge in [0.1, 0.15) is 0 Å². The molecule has 0 saturated heterocycles. The Labute approximate surface area is 93.4 Å². The maximum Gasteiger partial charge on any atom is 0.192 e. The van der Waals surface area contributed by atoms with Gasteiger partial charge in [0.15, 0.2) is 11.6 Å². The van der Waals surface area contributed by atoms with Gasteiger partial charge in [0.2, 0.25) is 0 Å². The third-order valence-electron chi connectivity index (χ3n) is 2.89. The maximum atomic E-state index is 12.0. The summed E-state index contributed by atoms with van der Waals surface area (Å²) in [6, 6.07) is 5.15. The van der Waals surface area contributed by atoms with E-state index in [0.29, 0.717) is 16.7 Å². The maximum absolute atomic E-state index is 12.0. The van der Waals surface area contributed by atoms with Crippen molar-refractivity contribution in [3.63, 3.8) is 0 Å². The van der Waals surface area contributed by atoms with Crippen molar-refractivity contribution in [2.24, 2.45) is 0 Å². The van der Waals surface area contributed by atoms with Crippen LogP contribution in [0.2, 0.25) is 0 Å². The van der Waals surface area contributed by atoms with Crippen LogP contribution in [0.25, 0.3) is 0 Å². The largest absolute Gasteiger partial charge is 0.392 e. The van der Waals surface area contributed by atoms with E-state index in [1.807, 2.05) is 6.92 Å². The normalized spacial score (nSPS) is 15.4. The monoisotopic (exact) mass is 216 g/mol. The number of aliphatic hydroxyl groups is 1. The van der Waals surface area contributed by atoms with Crippen LogP contribution in [-0.2, 0) is 0 Å². The Hall–Kier alpha value is -1.74. The summed E-state index contributed by atoms with van der Waals surface area (Å²) >= 11 is 0. The van der Waals surface area contributed by atoms with Crippen LogP contribution < -0.4 is 0 Å². The van der Waals surface area contributed by atoms with E-state index in [-0.39, 0.29) is 23.7 Å². The number of rotatable bonds is 1. The molecule has 2 rings (SSSR count). The van der Waals surface area contributed by atoms with Crippen molar-refractivity contribution in [1.29, 1.82) is 0 Å². The van der Waals surface area contributed by atoms with E-state index in [9.17, 15) is 9.59 Å². The molecule has 0 atom stereocenters. The third kappa shape index (κ3) is 1.41. The first-order chi connectivity index (χ1) is 7.56. The van der Waals surface area contributed by atoms with Crippen molar-refractivity contribution in [1.82, 2.24) is 0 Å². The fourth-order valence-corrected chi connectivity index (χ4v) is 1.91. The molecule has 0 unspecified atom stereocenters. The van der Waals surface area contributed by atoms with Crippen LogP contribution >= 0.6 is 0 Å². The van der Waals surface area contributed by atoms with Crippen LogP contribution in [0.5, 0.6) is 0 Å². The lowest BCUT2D eigenvalue weighted by Crippen LogP contribution is -2.22. The van der Waals surface area contributed by atoms with Crippen molar-refractivity contribution in [3.05, 3.63) is 46.0 Å². The Balaban J connectivity index is 2.69. The Morgan fingerprint density at radius 3 is 2.38 bits per heavy atom. The molecule has 1 aliphatic carbocycles. The minimum Gasteiger partial charge on any atom is -0.392 e. The lowest BCUT2D eigenvalue weighted by molar-refractivity contribution is 0.0963. The van der Waals surface area contributed by atoms with E-state index in [0.717, 1.165) is 5.56 Å². The molecule has 0 amide bonds. The van der Waals surface area contributed by atoms with Crippen molar-refractivity contribution in [2.45, 2.75) is 13.8 Å². The molecule has 1 aromatic rings. The molecule has 0 aliphatic heterocycles. The second-order valence-electron chi connectivity index (χ2n) is 3.97. The first-order valence-electron chi connectivity index (χ1n) is 5.07. The molecule has 0 fully saturated rings. The lowest BCUT2D eigenvalue weighted by Gasteiger charge is -2.17. The smallest absolute Gasteiger partial charge is 0.192 e. The van der Waals surface area contributed by atoms with Gasteiger partial charge in [-0.1, -0.05) is 17.7 Å². The number of ketones is 2. The van der Waals surface area contributed by atoms with Crippen molar-refractivity contribution < 1.29 is 14.7 Å². The molecule has 1 aromatic carbocycles. The number of aliphatic hydroxyl groups excluding tert-OH is 1. The molecule has 0 radical (unpaired) electrons. The number of Topliss-reactive ketones (excluding diaryl/α,β-unsaturated/α-hetero) is 2. The Kier molecular flexibility index (Phi) is 2.48. The number of hydrogen-bond donors (Lipinski definition) is 1. The molecule has 0 heterocycles. The first-order valence-corrected chi connectivity index (χ1v) is 5.07. The molecular weight excluding hydrogens is 204 g/mol. The van der Waals surface area contributed by atoms with Crippen LogP contribution in [0.3, 0.4) is 0 Å². The molecule has 0 aromatic heterocycles. The van der Waals surface area contributed by atoms with Gasteiger partial charge in [-0.05, 0) is 19.9 Å². The predicted octanol–water partition coefficient (Wildman–Crippen LogP) is 1.68. The molecule has 16 heavy (non-hydrogen) atoms. The molecule has 1 aliphatic rings. The molecule has 0 spiro atoms. The van der Waals surface area contributed by atoms with Crippen molar-refractivity contribution in [3.8, 4) is 0 Å². The molecule has 0 saturated carbocycles. The standard InChI is InChI=1S/C13H12O3/c1-7-3-4-9-10(5-7)12(15)8(2)11(6-14)13(9)16/h3-5,14H,6H2,1-2H3. The topological polar surface area (TPSA) is 54.4 Å². The summed E-state index contributed by atoms with van der Waals surface area (Å²) in [4.78, 5) is 23.9. The number of carbonyl (C=O) groups is 2. The molecule has 0 bridgehead atoms. The highest BCUT2D eigenvalue weighted by atomic mass is 16.3. The van der Waals surface area contributed by atoms with E-state index in [1.54, 1.807) is 25.1 Å². The minimum atomic E-state index is -0.385. The van der Waals surface area contributed by atoms with E-state index in [4.69, 9.17) is 5.11 Å². The van der Waals surface area contributed by atoms with Gasteiger partial charge in [0.25, 0.3) is 0 Å². The highest BCUT2D eigenvalue weighted by Gasteiger charge is 2.29. The van der Waals surface area contributed by atoms with Gasteiger partial charge in [0.05, 0.1) is 6.61 Å². The molecule has 3 nitrogen and oxygen atoms in total. The zero-order chi connectivity index (χ0) is 11.9. The van der Waals surface area contributed by atoms with Gasteiger partial charge < -0.3 is 5.11 Å². The summed E-state index contributed by atoms with van der Waals surface area (Å²) in [5, 5.41) is 9.10. The molecular formula is C13H12O3. The Morgan fingerprint density at radius 1 is 1.06 bits per heavy atom. The number of hydrogen-bond acceptors (Lipinski definition) is 3. The fraction of sp³-hybridized carbons (Fsp3) is 0.231. The number of fused-ring (bicyclic) bond motifs is 1. The average Bonchev–Trinajstić information content (AvgIpc) is 2.27. The van der Waals surface area contributed by atoms with Crippen LogP contribution in [0.1, 0.15) is 33.2 Å². The van der Waals surface area contributed by atoms with E-state index >= 15 is 0 Å². The van der Waals surface area contributed by atoms with Crippen LogP contribution in [0, 0.1) is 6.92 Å². The van der Waals surface area contributed by atoms with E-state index in [1.165, 1.54) is 0 Å². The van der Waals surface area contributed by atoms with E-state index < -0.39 is 0 Å². The van der Waals surface area contributed by atoms with Gasteiger partial charge in [0, 0.05) is 22.3 Å². The summed E-state index contributed by atoms with van der Waals surface area (Å²) in [5.74, 6) is -0.406. The zero-order valence-corrected chi connectivity index (χ0v) is 9.20. The van der Waals surface area contributed by atoms with Crippen LogP contribution in [-0.4, -0.2) is 23.3 Å².